The lowest BCUT2D eigenvalue weighted by atomic mass is 9.92. The fraction of sp³-hybridized carbons (Fsp3) is 0.625. The Balaban J connectivity index is 2.03. The molecule has 1 unspecified atom stereocenters. The van der Waals surface area contributed by atoms with E-state index in [1.165, 1.54) is 25.7 Å². The molecule has 0 radical (unpaired) electrons. The fourth-order valence-corrected chi connectivity index (χ4v) is 2.93. The van der Waals surface area contributed by atoms with Crippen molar-refractivity contribution in [1.82, 2.24) is 0 Å². The van der Waals surface area contributed by atoms with Crippen LogP contribution in [0.1, 0.15) is 51.1 Å². The average Bonchev–Trinajstić information content (AvgIpc) is 2.40. The molecule has 0 amide bonds. The SMILES string of the molecule is CCCC1CCN(c2ccc(C(C)N)cc2F)CC1. The van der Waals surface area contributed by atoms with Gasteiger partial charge in [-0.15, -0.1) is 0 Å². The van der Waals surface area contributed by atoms with E-state index in [1.54, 1.807) is 6.07 Å². The number of rotatable bonds is 4. The van der Waals surface area contributed by atoms with Gasteiger partial charge in [-0.25, -0.2) is 4.39 Å². The first-order valence-electron chi connectivity index (χ1n) is 7.41. The lowest BCUT2D eigenvalue weighted by Gasteiger charge is -2.34. The number of halogens is 1. The zero-order valence-electron chi connectivity index (χ0n) is 12.0. The lowest BCUT2D eigenvalue weighted by molar-refractivity contribution is 0.376. The van der Waals surface area contributed by atoms with Gasteiger partial charge < -0.3 is 10.6 Å². The number of anilines is 1. The summed E-state index contributed by atoms with van der Waals surface area (Å²) in [5.74, 6) is 0.691. The molecule has 0 aromatic heterocycles. The number of hydrogen-bond acceptors (Lipinski definition) is 2. The van der Waals surface area contributed by atoms with Gasteiger partial charge in [-0.3, -0.25) is 0 Å². The van der Waals surface area contributed by atoms with Crippen LogP contribution in [0.5, 0.6) is 0 Å². The molecule has 1 aliphatic rings. The van der Waals surface area contributed by atoms with Gasteiger partial charge in [0.25, 0.3) is 0 Å². The van der Waals surface area contributed by atoms with Crippen LogP contribution in [-0.2, 0) is 0 Å². The number of benzene rings is 1. The molecule has 1 aliphatic heterocycles. The van der Waals surface area contributed by atoms with E-state index >= 15 is 0 Å². The fourth-order valence-electron chi connectivity index (χ4n) is 2.93. The van der Waals surface area contributed by atoms with Gasteiger partial charge >= 0.3 is 0 Å². The molecular weight excluding hydrogens is 239 g/mol. The highest BCUT2D eigenvalue weighted by molar-refractivity contribution is 5.49. The van der Waals surface area contributed by atoms with Crippen LogP contribution in [0.15, 0.2) is 18.2 Å². The minimum atomic E-state index is -0.135. The van der Waals surface area contributed by atoms with Gasteiger partial charge in [0.1, 0.15) is 5.82 Å². The van der Waals surface area contributed by atoms with Crippen LogP contribution in [0.25, 0.3) is 0 Å². The van der Waals surface area contributed by atoms with E-state index in [9.17, 15) is 4.39 Å². The van der Waals surface area contributed by atoms with Crippen molar-refractivity contribution in [3.8, 4) is 0 Å². The number of nitrogens with zero attached hydrogens (tertiary/aromatic N) is 1. The van der Waals surface area contributed by atoms with Crippen molar-refractivity contribution in [2.75, 3.05) is 18.0 Å². The van der Waals surface area contributed by atoms with Crippen molar-refractivity contribution in [1.29, 1.82) is 0 Å². The summed E-state index contributed by atoms with van der Waals surface area (Å²) < 4.78 is 14.1. The molecule has 0 bridgehead atoms. The average molecular weight is 264 g/mol. The zero-order valence-corrected chi connectivity index (χ0v) is 12.0. The molecule has 19 heavy (non-hydrogen) atoms. The molecule has 2 nitrogen and oxygen atoms in total. The smallest absolute Gasteiger partial charge is 0.146 e. The minimum absolute atomic E-state index is 0.112. The van der Waals surface area contributed by atoms with Crippen LogP contribution in [0, 0.1) is 11.7 Å². The Bertz CT molecular complexity index is 409. The predicted molar refractivity (Wildman–Crippen MR) is 78.8 cm³/mol. The summed E-state index contributed by atoms with van der Waals surface area (Å²) in [5, 5.41) is 0. The molecule has 1 saturated heterocycles. The first-order valence-corrected chi connectivity index (χ1v) is 7.41. The van der Waals surface area contributed by atoms with Crippen LogP contribution < -0.4 is 10.6 Å². The maximum atomic E-state index is 14.1. The molecule has 0 aliphatic carbocycles. The molecule has 1 heterocycles. The van der Waals surface area contributed by atoms with Gasteiger partial charge in [0.15, 0.2) is 0 Å². The van der Waals surface area contributed by atoms with Crippen LogP contribution in [0.3, 0.4) is 0 Å². The Morgan fingerprint density at radius 3 is 2.58 bits per heavy atom. The second-order valence-corrected chi connectivity index (χ2v) is 5.72. The quantitative estimate of drug-likeness (QED) is 0.894. The Morgan fingerprint density at radius 2 is 2.05 bits per heavy atom. The number of nitrogens with two attached hydrogens (primary N) is 1. The standard InChI is InChI=1S/C16H25FN2/c1-3-4-13-7-9-19(10-8-13)16-6-5-14(12(2)18)11-15(16)17/h5-6,11-13H,3-4,7-10,18H2,1-2H3. The lowest BCUT2D eigenvalue weighted by Crippen LogP contribution is -2.34. The summed E-state index contributed by atoms with van der Waals surface area (Å²) in [6.45, 7) is 6.06. The first kappa shape index (κ1) is 14.3. The molecule has 3 heteroatoms. The van der Waals surface area contributed by atoms with Crippen LogP contribution >= 0.6 is 0 Å². The summed E-state index contributed by atoms with van der Waals surface area (Å²) in [6, 6.07) is 5.30. The van der Waals surface area contributed by atoms with Gasteiger partial charge in [0, 0.05) is 19.1 Å². The number of hydrogen-bond donors (Lipinski definition) is 1. The third kappa shape index (κ3) is 3.47. The molecule has 2 rings (SSSR count). The van der Waals surface area contributed by atoms with Crippen molar-refractivity contribution >= 4 is 5.69 Å². The third-order valence-corrected chi connectivity index (χ3v) is 4.15. The third-order valence-electron chi connectivity index (χ3n) is 4.15. The van der Waals surface area contributed by atoms with Gasteiger partial charge in [-0.1, -0.05) is 25.8 Å². The maximum Gasteiger partial charge on any atom is 0.146 e. The van der Waals surface area contributed by atoms with E-state index in [0.717, 1.165) is 30.3 Å². The number of piperidine rings is 1. The van der Waals surface area contributed by atoms with Crippen molar-refractivity contribution in [3.05, 3.63) is 29.6 Å². The summed E-state index contributed by atoms with van der Waals surface area (Å²) in [7, 11) is 0. The van der Waals surface area contributed by atoms with E-state index in [4.69, 9.17) is 5.73 Å². The first-order chi connectivity index (χ1) is 9.11. The second kappa shape index (κ2) is 6.38. The van der Waals surface area contributed by atoms with E-state index in [-0.39, 0.29) is 11.9 Å². The second-order valence-electron chi connectivity index (χ2n) is 5.72. The molecule has 2 N–H and O–H groups in total. The van der Waals surface area contributed by atoms with Gasteiger partial charge in [-0.2, -0.15) is 0 Å². The van der Waals surface area contributed by atoms with E-state index in [1.807, 2.05) is 19.1 Å². The molecule has 1 fully saturated rings. The van der Waals surface area contributed by atoms with Crippen molar-refractivity contribution < 1.29 is 4.39 Å². The predicted octanol–water partition coefficient (Wildman–Crippen LogP) is 3.86. The van der Waals surface area contributed by atoms with Crippen LogP contribution in [-0.4, -0.2) is 13.1 Å². The van der Waals surface area contributed by atoms with Crippen LogP contribution in [0.2, 0.25) is 0 Å². The normalized spacial score (nSPS) is 18.6. The zero-order chi connectivity index (χ0) is 13.8. The molecule has 1 aromatic carbocycles. The summed E-state index contributed by atoms with van der Waals surface area (Å²) in [5.41, 5.74) is 7.38. The highest BCUT2D eigenvalue weighted by Gasteiger charge is 2.20. The van der Waals surface area contributed by atoms with Crippen molar-refractivity contribution in [3.63, 3.8) is 0 Å². The van der Waals surface area contributed by atoms with Gasteiger partial charge in [0.05, 0.1) is 5.69 Å². The monoisotopic (exact) mass is 264 g/mol. The molecule has 1 aromatic rings. The van der Waals surface area contributed by atoms with E-state index in [2.05, 4.69) is 11.8 Å². The summed E-state index contributed by atoms with van der Waals surface area (Å²) in [6.07, 6.45) is 4.92. The van der Waals surface area contributed by atoms with Gasteiger partial charge in [-0.05, 0) is 43.4 Å². The topological polar surface area (TPSA) is 29.3 Å². The van der Waals surface area contributed by atoms with Crippen molar-refractivity contribution in [2.45, 2.75) is 45.6 Å². The molecule has 106 valence electrons. The summed E-state index contributed by atoms with van der Waals surface area (Å²) in [4.78, 5) is 2.17. The van der Waals surface area contributed by atoms with E-state index < -0.39 is 0 Å². The Labute approximate surface area is 115 Å². The molecule has 1 atom stereocenters. The highest BCUT2D eigenvalue weighted by Crippen LogP contribution is 2.28. The van der Waals surface area contributed by atoms with Gasteiger partial charge in [0.2, 0.25) is 0 Å². The Hall–Kier alpha value is -1.09. The Kier molecular flexibility index (Phi) is 4.81. The largest absolute Gasteiger partial charge is 0.369 e. The summed E-state index contributed by atoms with van der Waals surface area (Å²) >= 11 is 0. The molecule has 0 spiro atoms. The minimum Gasteiger partial charge on any atom is -0.369 e. The van der Waals surface area contributed by atoms with Crippen molar-refractivity contribution in [2.24, 2.45) is 11.7 Å². The van der Waals surface area contributed by atoms with Crippen LogP contribution in [0.4, 0.5) is 10.1 Å². The molecule has 0 saturated carbocycles. The highest BCUT2D eigenvalue weighted by atomic mass is 19.1. The maximum absolute atomic E-state index is 14.1. The molecular formula is C16H25FN2. The Morgan fingerprint density at radius 1 is 1.37 bits per heavy atom. The van der Waals surface area contributed by atoms with E-state index in [0.29, 0.717) is 0 Å².